The van der Waals surface area contributed by atoms with E-state index in [2.05, 4.69) is 10.1 Å². The average Bonchev–Trinajstić information content (AvgIpc) is 2.78. The van der Waals surface area contributed by atoms with Crippen molar-refractivity contribution in [3.63, 3.8) is 0 Å². The number of rotatable bonds is 4. The van der Waals surface area contributed by atoms with Gasteiger partial charge in [-0.15, -0.1) is 0 Å². The molecule has 1 aliphatic rings. The molecule has 0 bridgehead atoms. The van der Waals surface area contributed by atoms with Gasteiger partial charge in [0, 0.05) is 19.2 Å². The standard InChI is InChI=1S/C11H8Cl2F4N2O2/c12-5-3-6(13)8(21-11(16,17)9(14)15)4-7(5)19-2-1-18-10(19)20/h3-4,9H,1-2H2,(H,18,20). The predicted molar refractivity (Wildman–Crippen MR) is 68.8 cm³/mol. The number of alkyl halides is 4. The van der Waals surface area contributed by atoms with Gasteiger partial charge in [0.05, 0.1) is 15.7 Å². The summed E-state index contributed by atoms with van der Waals surface area (Å²) >= 11 is 11.5. The first-order chi connectivity index (χ1) is 9.72. The van der Waals surface area contributed by atoms with Crippen molar-refractivity contribution in [1.29, 1.82) is 0 Å². The van der Waals surface area contributed by atoms with Gasteiger partial charge in [-0.1, -0.05) is 23.2 Å². The summed E-state index contributed by atoms with van der Waals surface area (Å²) in [4.78, 5) is 12.7. The number of hydrogen-bond acceptors (Lipinski definition) is 2. The van der Waals surface area contributed by atoms with E-state index in [1.165, 1.54) is 0 Å². The van der Waals surface area contributed by atoms with Crippen molar-refractivity contribution in [2.75, 3.05) is 18.0 Å². The summed E-state index contributed by atoms with van der Waals surface area (Å²) in [7, 11) is 0. The molecule has 116 valence electrons. The number of urea groups is 1. The van der Waals surface area contributed by atoms with Crippen LogP contribution in [0.3, 0.4) is 0 Å². The highest BCUT2D eigenvalue weighted by Gasteiger charge is 2.44. The van der Waals surface area contributed by atoms with Gasteiger partial charge in [0.1, 0.15) is 5.75 Å². The molecule has 1 aliphatic heterocycles. The van der Waals surface area contributed by atoms with E-state index in [9.17, 15) is 22.4 Å². The average molecular weight is 347 g/mol. The van der Waals surface area contributed by atoms with Crippen LogP contribution >= 0.6 is 23.2 Å². The lowest BCUT2D eigenvalue weighted by Crippen LogP contribution is -2.33. The van der Waals surface area contributed by atoms with E-state index >= 15 is 0 Å². The number of benzene rings is 1. The Labute approximate surface area is 126 Å². The van der Waals surface area contributed by atoms with E-state index in [4.69, 9.17) is 23.2 Å². The summed E-state index contributed by atoms with van der Waals surface area (Å²) in [5, 5.41) is 2.12. The quantitative estimate of drug-likeness (QED) is 0.843. The monoisotopic (exact) mass is 346 g/mol. The fourth-order valence-electron chi connectivity index (χ4n) is 1.70. The van der Waals surface area contributed by atoms with Crippen LogP contribution in [0.2, 0.25) is 10.0 Å². The Morgan fingerprint density at radius 2 is 1.95 bits per heavy atom. The highest BCUT2D eigenvalue weighted by atomic mass is 35.5. The molecule has 0 atom stereocenters. The zero-order valence-corrected chi connectivity index (χ0v) is 11.7. The summed E-state index contributed by atoms with van der Waals surface area (Å²) in [5.41, 5.74) is 0.0381. The highest BCUT2D eigenvalue weighted by molar-refractivity contribution is 6.37. The minimum absolute atomic E-state index is 0.00441. The molecule has 1 aromatic rings. The van der Waals surface area contributed by atoms with Gasteiger partial charge in [-0.3, -0.25) is 4.90 Å². The summed E-state index contributed by atoms with van der Waals surface area (Å²) in [6, 6.07) is 1.47. The molecular weight excluding hydrogens is 339 g/mol. The number of halogens is 6. The van der Waals surface area contributed by atoms with Crippen LogP contribution in [0.4, 0.5) is 28.0 Å². The third-order valence-electron chi connectivity index (χ3n) is 2.65. The molecule has 0 saturated carbocycles. The molecule has 1 aromatic carbocycles. The second kappa shape index (κ2) is 5.76. The van der Waals surface area contributed by atoms with E-state index in [0.717, 1.165) is 17.0 Å². The van der Waals surface area contributed by atoms with E-state index in [1.807, 2.05) is 0 Å². The Hall–Kier alpha value is -1.41. The maximum Gasteiger partial charge on any atom is 0.461 e. The third-order valence-corrected chi connectivity index (χ3v) is 3.25. The second-order valence-corrected chi connectivity index (χ2v) is 4.90. The molecule has 4 nitrogen and oxygen atoms in total. The summed E-state index contributed by atoms with van der Waals surface area (Å²) in [6.07, 6.45) is -8.73. The first-order valence-corrected chi connectivity index (χ1v) is 6.37. The van der Waals surface area contributed by atoms with Gasteiger partial charge >= 0.3 is 18.6 Å². The van der Waals surface area contributed by atoms with Gasteiger partial charge in [-0.05, 0) is 6.07 Å². The number of amides is 2. The van der Waals surface area contributed by atoms with Crippen LogP contribution in [0.5, 0.6) is 5.75 Å². The van der Waals surface area contributed by atoms with Crippen LogP contribution in [0.15, 0.2) is 12.1 Å². The van der Waals surface area contributed by atoms with Crippen LogP contribution in [0.25, 0.3) is 0 Å². The lowest BCUT2D eigenvalue weighted by molar-refractivity contribution is -0.253. The third kappa shape index (κ3) is 3.26. The van der Waals surface area contributed by atoms with Crippen molar-refractivity contribution in [2.24, 2.45) is 0 Å². The van der Waals surface area contributed by atoms with Crippen LogP contribution in [0.1, 0.15) is 0 Å². The Bertz CT molecular complexity index is 571. The Morgan fingerprint density at radius 3 is 2.48 bits per heavy atom. The summed E-state index contributed by atoms with van der Waals surface area (Å²) in [5.74, 6) is -0.693. The number of carbonyl (C=O) groups is 1. The number of nitrogens with one attached hydrogen (secondary N) is 1. The van der Waals surface area contributed by atoms with Crippen molar-refractivity contribution >= 4 is 34.9 Å². The molecule has 1 N–H and O–H groups in total. The lowest BCUT2D eigenvalue weighted by Gasteiger charge is -2.21. The zero-order valence-electron chi connectivity index (χ0n) is 10.2. The minimum Gasteiger partial charge on any atom is -0.427 e. The summed E-state index contributed by atoms with van der Waals surface area (Å²) in [6.45, 7) is 0.575. The number of carbonyl (C=O) groups excluding carboxylic acids is 1. The number of hydrogen-bond donors (Lipinski definition) is 1. The van der Waals surface area contributed by atoms with E-state index in [0.29, 0.717) is 6.54 Å². The maximum absolute atomic E-state index is 12.9. The zero-order chi connectivity index (χ0) is 15.8. The van der Waals surface area contributed by atoms with Crippen LogP contribution < -0.4 is 15.0 Å². The largest absolute Gasteiger partial charge is 0.461 e. The molecule has 0 radical (unpaired) electrons. The van der Waals surface area contributed by atoms with Crippen LogP contribution in [-0.2, 0) is 0 Å². The van der Waals surface area contributed by atoms with Gasteiger partial charge in [0.25, 0.3) is 0 Å². The van der Waals surface area contributed by atoms with Crippen molar-refractivity contribution in [2.45, 2.75) is 12.5 Å². The molecule has 0 aromatic heterocycles. The first kappa shape index (κ1) is 16.0. The van der Waals surface area contributed by atoms with Gasteiger partial charge in [-0.25, -0.2) is 4.79 Å². The van der Waals surface area contributed by atoms with Gasteiger partial charge in [-0.2, -0.15) is 17.6 Å². The van der Waals surface area contributed by atoms with Crippen LogP contribution in [-0.4, -0.2) is 31.7 Å². The molecule has 10 heteroatoms. The van der Waals surface area contributed by atoms with Crippen molar-refractivity contribution < 1.29 is 27.1 Å². The number of anilines is 1. The van der Waals surface area contributed by atoms with Crippen molar-refractivity contribution in [3.05, 3.63) is 22.2 Å². The van der Waals surface area contributed by atoms with E-state index in [1.54, 1.807) is 0 Å². The molecule has 21 heavy (non-hydrogen) atoms. The fourth-order valence-corrected chi connectivity index (χ4v) is 2.22. The van der Waals surface area contributed by atoms with Gasteiger partial charge in [0.15, 0.2) is 0 Å². The maximum atomic E-state index is 12.9. The molecule has 1 saturated heterocycles. The Kier molecular flexibility index (Phi) is 4.38. The van der Waals surface area contributed by atoms with Crippen molar-refractivity contribution in [1.82, 2.24) is 5.32 Å². The second-order valence-electron chi connectivity index (χ2n) is 4.08. The topological polar surface area (TPSA) is 41.6 Å². The Balaban J connectivity index is 2.37. The molecule has 1 heterocycles. The molecule has 2 rings (SSSR count). The molecular formula is C11H8Cl2F4N2O2. The van der Waals surface area contributed by atoms with E-state index < -0.39 is 24.3 Å². The highest BCUT2D eigenvalue weighted by Crippen LogP contribution is 2.39. The number of nitrogens with zero attached hydrogens (tertiary/aromatic N) is 1. The van der Waals surface area contributed by atoms with Crippen LogP contribution in [0, 0.1) is 0 Å². The molecule has 0 spiro atoms. The normalized spacial score (nSPS) is 15.6. The molecule has 0 unspecified atom stereocenters. The molecule has 2 amide bonds. The number of ether oxygens (including phenoxy) is 1. The lowest BCUT2D eigenvalue weighted by atomic mass is 10.2. The fraction of sp³-hybridized carbons (Fsp3) is 0.364. The first-order valence-electron chi connectivity index (χ1n) is 5.62. The summed E-state index contributed by atoms with van der Waals surface area (Å²) < 4.78 is 54.1. The minimum atomic E-state index is -4.71. The van der Waals surface area contributed by atoms with Gasteiger partial charge < -0.3 is 10.1 Å². The predicted octanol–water partition coefficient (Wildman–Crippen LogP) is 3.76. The van der Waals surface area contributed by atoms with Crippen molar-refractivity contribution in [3.8, 4) is 5.75 Å². The molecule has 1 fully saturated rings. The SMILES string of the molecule is O=C1NCCN1c1cc(OC(F)(F)C(F)F)c(Cl)cc1Cl. The molecule has 0 aliphatic carbocycles. The van der Waals surface area contributed by atoms with E-state index in [-0.39, 0.29) is 22.3 Å². The van der Waals surface area contributed by atoms with Gasteiger partial charge in [0.2, 0.25) is 0 Å². The smallest absolute Gasteiger partial charge is 0.427 e. The Morgan fingerprint density at radius 1 is 1.29 bits per heavy atom.